The maximum Gasteiger partial charge on any atom is 0.150 e. The lowest BCUT2D eigenvalue weighted by Gasteiger charge is -2.25. The van der Waals surface area contributed by atoms with Crippen LogP contribution in [-0.2, 0) is 27.1 Å². The predicted molar refractivity (Wildman–Crippen MR) is 262 cm³/mol. The van der Waals surface area contributed by atoms with Crippen LogP contribution in [0.1, 0.15) is 108 Å². The highest BCUT2D eigenvalue weighted by molar-refractivity contribution is 6.22. The third kappa shape index (κ3) is 15.5. The number of aryl methyl sites for hydroxylation is 2. The van der Waals surface area contributed by atoms with Gasteiger partial charge in [0.05, 0.1) is 45.9 Å². The summed E-state index contributed by atoms with van der Waals surface area (Å²) in [6.45, 7) is 9.31. The van der Waals surface area contributed by atoms with Gasteiger partial charge >= 0.3 is 0 Å². The van der Waals surface area contributed by atoms with Crippen LogP contribution in [0.4, 0.5) is 0 Å². The number of ether oxygens (including phenoxy) is 5. The first kappa shape index (κ1) is 49.3. The third-order valence-corrected chi connectivity index (χ3v) is 11.4. The van der Waals surface area contributed by atoms with Crippen molar-refractivity contribution in [1.82, 2.24) is 0 Å². The maximum atomic E-state index is 10.3. The summed E-state index contributed by atoms with van der Waals surface area (Å²) >= 11 is 0. The van der Waals surface area contributed by atoms with Gasteiger partial charge in [-0.1, -0.05) is 116 Å². The minimum absolute atomic E-state index is 0.646. The van der Waals surface area contributed by atoms with Gasteiger partial charge in [-0.3, -0.25) is 10.2 Å². The fourth-order valence-corrected chi connectivity index (χ4v) is 7.50. The first-order valence-electron chi connectivity index (χ1n) is 22.9. The van der Waals surface area contributed by atoms with E-state index in [4.69, 9.17) is 34.5 Å². The van der Waals surface area contributed by atoms with E-state index in [1.165, 1.54) is 66.1 Å². The molecule has 1 heterocycles. The van der Waals surface area contributed by atoms with E-state index in [-0.39, 0.29) is 0 Å². The number of methoxy groups -OCH3 is 2. The summed E-state index contributed by atoms with van der Waals surface area (Å²) < 4.78 is 26.9. The average Bonchev–Trinajstić information content (AvgIpc) is 3.59. The summed E-state index contributed by atoms with van der Waals surface area (Å²) in [5, 5.41) is 15.2. The molecular formula is C56H68N2O6. The van der Waals surface area contributed by atoms with Crippen molar-refractivity contribution in [2.45, 2.75) is 78.1 Å². The molecule has 338 valence electrons. The van der Waals surface area contributed by atoms with Gasteiger partial charge in [-0.25, -0.2) is 0 Å². The van der Waals surface area contributed by atoms with Crippen LogP contribution in [-0.4, -0.2) is 72.1 Å². The van der Waals surface area contributed by atoms with Gasteiger partial charge in [0.25, 0.3) is 0 Å². The van der Waals surface area contributed by atoms with E-state index in [1.54, 1.807) is 19.8 Å². The molecule has 3 aliphatic rings. The molecule has 0 amide bonds. The molecular weight excluding hydrogens is 797 g/mol. The van der Waals surface area contributed by atoms with Gasteiger partial charge in [0.1, 0.15) is 17.8 Å². The van der Waals surface area contributed by atoms with Crippen molar-refractivity contribution in [1.29, 1.82) is 10.8 Å². The number of aldehydes is 1. The summed E-state index contributed by atoms with van der Waals surface area (Å²) in [7, 11) is 3.29. The number of fused-ring (bicyclic) bond motifs is 3. The molecule has 1 saturated heterocycles. The number of carbonyl (C=O) groups is 1. The second-order valence-electron chi connectivity index (χ2n) is 16.5. The van der Waals surface area contributed by atoms with Gasteiger partial charge in [0.15, 0.2) is 0 Å². The van der Waals surface area contributed by atoms with Crippen LogP contribution in [0.5, 0.6) is 11.5 Å². The number of carbonyl (C=O) groups excluding carboxylic acids is 1. The maximum absolute atomic E-state index is 10.3. The molecule has 1 aliphatic heterocycles. The Balaban J connectivity index is 0.000000170. The summed E-state index contributed by atoms with van der Waals surface area (Å²) in [4.78, 5) is 10.3. The molecule has 1 saturated carbocycles. The molecule has 2 aliphatic carbocycles. The van der Waals surface area contributed by atoms with Crippen molar-refractivity contribution in [3.05, 3.63) is 159 Å². The normalized spacial score (nSPS) is 13.2. The number of nitrogens with one attached hydrogen (secondary N) is 2. The number of hydrogen-bond acceptors (Lipinski definition) is 8. The van der Waals surface area contributed by atoms with Crippen LogP contribution in [0.15, 0.2) is 115 Å². The smallest absolute Gasteiger partial charge is 0.150 e. The molecule has 8 heteroatoms. The summed E-state index contributed by atoms with van der Waals surface area (Å²) in [6.07, 6.45) is 16.2. The van der Waals surface area contributed by atoms with Crippen LogP contribution in [0.2, 0.25) is 0 Å². The number of unbranched alkanes of at least 4 members (excludes halogenated alkanes) is 3. The molecule has 0 unspecified atom stereocenters. The summed E-state index contributed by atoms with van der Waals surface area (Å²) in [6, 6.07) is 36.3. The largest absolute Gasteiger partial charge is 0.496 e. The van der Waals surface area contributed by atoms with Crippen LogP contribution in [0, 0.1) is 23.7 Å². The number of rotatable bonds is 19. The Labute approximate surface area is 382 Å². The highest BCUT2D eigenvalue weighted by Crippen LogP contribution is 2.35. The highest BCUT2D eigenvalue weighted by atomic mass is 16.5. The fourth-order valence-electron chi connectivity index (χ4n) is 7.50. The Morgan fingerprint density at radius 1 is 0.703 bits per heavy atom. The quantitative estimate of drug-likeness (QED) is 0.0477. The van der Waals surface area contributed by atoms with Gasteiger partial charge in [0.2, 0.25) is 0 Å². The zero-order chi connectivity index (χ0) is 45.4. The van der Waals surface area contributed by atoms with Gasteiger partial charge in [-0.15, -0.1) is 0 Å². The van der Waals surface area contributed by atoms with E-state index < -0.39 is 0 Å². The minimum atomic E-state index is 0.646. The van der Waals surface area contributed by atoms with Crippen molar-refractivity contribution in [2.24, 2.45) is 5.92 Å². The van der Waals surface area contributed by atoms with Gasteiger partial charge in [-0.2, -0.15) is 0 Å². The fraction of sp³-hybridized carbons (Fsp3) is 0.375. The van der Waals surface area contributed by atoms with Crippen LogP contribution in [0.25, 0.3) is 17.2 Å². The summed E-state index contributed by atoms with van der Waals surface area (Å²) in [5.41, 5.74) is 13.3. The number of allylic oxidation sites excluding steroid dienone is 1. The zero-order valence-corrected chi connectivity index (χ0v) is 38.5. The Hall–Kier alpha value is -5.67. The lowest BCUT2D eigenvalue weighted by atomic mass is 9.90. The Bertz CT molecular complexity index is 2190. The van der Waals surface area contributed by atoms with Crippen molar-refractivity contribution in [3.8, 4) is 22.6 Å². The molecule has 0 spiro atoms. The van der Waals surface area contributed by atoms with E-state index in [1.807, 2.05) is 78.9 Å². The van der Waals surface area contributed by atoms with E-state index >= 15 is 0 Å². The molecule has 0 radical (unpaired) electrons. The monoisotopic (exact) mass is 865 g/mol. The SMILES string of the molecule is CCCc1ccc(C=O)cc1.COCCc1ccc(OC)c(C=N)c1.Cc1cc(C=C2CCC2)ccc1OCCCCCCOCC1COC1.N=C1c2ccccc2-c2ccccc21. The molecule has 8 nitrogen and oxygen atoms in total. The number of hydrogen-bond donors (Lipinski definition) is 2. The molecule has 0 bridgehead atoms. The molecule has 5 aromatic carbocycles. The van der Waals surface area contributed by atoms with Gasteiger partial charge < -0.3 is 29.1 Å². The second kappa shape index (κ2) is 27.5. The standard InChI is InChI=1S/C22H32O3.C13H9N.C11H15NO2.C10H12O/c1-18-13-20(14-19-7-6-8-19)9-10-22(18)25-12-5-3-2-4-11-23-15-21-16-24-17-21;14-13-11-7-3-1-5-9(11)10-6-2-4-8-12(10)13;1-13-6-5-9-3-4-11(14-2)10(7-9)8-12;1-2-3-9-4-6-10(8-11)7-5-9/h9-10,13-14,21H,2-8,11-12,15-17H2,1H3;1-8,14H;3-4,7-8,12H,5-6H2,1-2H3;4-8H,2-3H2,1H3. The molecule has 5 aromatic rings. The van der Waals surface area contributed by atoms with E-state index in [0.29, 0.717) is 18.2 Å². The van der Waals surface area contributed by atoms with Crippen LogP contribution < -0.4 is 9.47 Å². The molecule has 2 fully saturated rings. The van der Waals surface area contributed by atoms with Crippen molar-refractivity contribution in [2.75, 3.05) is 53.9 Å². The molecule has 0 atom stereocenters. The van der Waals surface area contributed by atoms with Crippen LogP contribution in [0.3, 0.4) is 0 Å². The predicted octanol–water partition coefficient (Wildman–Crippen LogP) is 12.6. The van der Waals surface area contributed by atoms with Gasteiger partial charge in [-0.05, 0) is 116 Å². The van der Waals surface area contributed by atoms with Crippen LogP contribution >= 0.6 is 0 Å². The van der Waals surface area contributed by atoms with E-state index in [2.05, 4.69) is 50.3 Å². The molecule has 0 aromatic heterocycles. The van der Waals surface area contributed by atoms with E-state index in [0.717, 1.165) is 111 Å². The summed E-state index contributed by atoms with van der Waals surface area (Å²) in [5.74, 6) is 2.41. The zero-order valence-electron chi connectivity index (χ0n) is 38.5. The topological polar surface area (TPSA) is 111 Å². The molecule has 64 heavy (non-hydrogen) atoms. The lowest BCUT2D eigenvalue weighted by Crippen LogP contribution is -2.31. The van der Waals surface area contributed by atoms with Crippen molar-refractivity contribution in [3.63, 3.8) is 0 Å². The first-order chi connectivity index (χ1) is 31.4. The third-order valence-electron chi connectivity index (χ3n) is 11.4. The molecule has 2 N–H and O–H groups in total. The average molecular weight is 865 g/mol. The Morgan fingerprint density at radius 2 is 1.33 bits per heavy atom. The van der Waals surface area contributed by atoms with Crippen molar-refractivity contribution < 1.29 is 28.5 Å². The minimum Gasteiger partial charge on any atom is -0.496 e. The second-order valence-corrected chi connectivity index (χ2v) is 16.5. The Kier molecular flexibility index (Phi) is 21.2. The van der Waals surface area contributed by atoms with E-state index in [9.17, 15) is 4.79 Å². The first-order valence-corrected chi connectivity index (χ1v) is 22.9. The van der Waals surface area contributed by atoms with Gasteiger partial charge in [0, 0.05) is 48.1 Å². The molecule has 8 rings (SSSR count). The van der Waals surface area contributed by atoms with Crippen molar-refractivity contribution >= 4 is 24.3 Å². The highest BCUT2D eigenvalue weighted by Gasteiger charge is 2.22. The number of benzene rings is 5. The Morgan fingerprint density at radius 3 is 1.88 bits per heavy atom. The lowest BCUT2D eigenvalue weighted by molar-refractivity contribution is -0.0718.